The molecule has 1 atom stereocenters. The van der Waals surface area contributed by atoms with Crippen LogP contribution in [0, 0.1) is 17.2 Å². The molecule has 1 nitrogen and oxygen atoms in total. The van der Waals surface area contributed by atoms with Crippen molar-refractivity contribution in [2.24, 2.45) is 11.3 Å². The molecule has 1 unspecified atom stereocenters. The number of para-hydroxylation sites is 1. The van der Waals surface area contributed by atoms with E-state index in [9.17, 15) is 4.39 Å². The summed E-state index contributed by atoms with van der Waals surface area (Å²) in [4.78, 5) is 0. The van der Waals surface area contributed by atoms with Crippen LogP contribution in [0.4, 0.5) is 4.39 Å². The van der Waals surface area contributed by atoms with Crippen molar-refractivity contribution in [3.8, 4) is 5.75 Å². The summed E-state index contributed by atoms with van der Waals surface area (Å²) in [7, 11) is 0. The molecular weight excluding hydrogens is 223 g/mol. The summed E-state index contributed by atoms with van der Waals surface area (Å²) < 4.78 is 18.8. The third-order valence-corrected chi connectivity index (χ3v) is 3.16. The minimum absolute atomic E-state index is 0.118. The maximum atomic E-state index is 13.3. The monoisotopic (exact) mass is 242 g/mol. The second-order valence-electron chi connectivity index (χ2n) is 4.99. The van der Waals surface area contributed by atoms with E-state index >= 15 is 0 Å². The van der Waals surface area contributed by atoms with Gasteiger partial charge in [0.2, 0.25) is 0 Å². The van der Waals surface area contributed by atoms with Crippen LogP contribution < -0.4 is 4.74 Å². The van der Waals surface area contributed by atoms with Crippen molar-refractivity contribution in [3.63, 3.8) is 0 Å². The molecule has 0 aromatic heterocycles. The van der Waals surface area contributed by atoms with Gasteiger partial charge in [-0.3, -0.25) is 0 Å². The zero-order valence-corrected chi connectivity index (χ0v) is 10.9. The Bertz CT molecular complexity index is 333. The lowest BCUT2D eigenvalue weighted by atomic mass is 9.82. The lowest BCUT2D eigenvalue weighted by molar-refractivity contribution is 0.161. The molecule has 16 heavy (non-hydrogen) atoms. The van der Waals surface area contributed by atoms with E-state index in [4.69, 9.17) is 4.74 Å². The Morgan fingerprint density at radius 1 is 1.31 bits per heavy atom. The van der Waals surface area contributed by atoms with Gasteiger partial charge < -0.3 is 4.74 Å². The highest BCUT2D eigenvalue weighted by Crippen LogP contribution is 2.28. The van der Waals surface area contributed by atoms with Crippen molar-refractivity contribution >= 4 is 12.6 Å². The molecule has 0 saturated heterocycles. The summed E-state index contributed by atoms with van der Waals surface area (Å²) in [6, 6.07) is 6.48. The van der Waals surface area contributed by atoms with Crippen LogP contribution in [0.3, 0.4) is 0 Å². The molecule has 90 valence electrons. The average Bonchev–Trinajstić information content (AvgIpc) is 2.19. The van der Waals surface area contributed by atoms with Crippen molar-refractivity contribution < 1.29 is 9.13 Å². The maximum Gasteiger partial charge on any atom is 0.165 e. The van der Waals surface area contributed by atoms with Crippen LogP contribution in [0.25, 0.3) is 0 Å². The first-order chi connectivity index (χ1) is 7.45. The van der Waals surface area contributed by atoms with Gasteiger partial charge >= 0.3 is 0 Å². The fraction of sp³-hybridized carbons (Fsp3) is 0.538. The number of hydrogen-bond donors (Lipinski definition) is 1. The lowest BCUT2D eigenvalue weighted by Gasteiger charge is -2.29. The molecule has 0 aliphatic rings. The summed E-state index contributed by atoms with van der Waals surface area (Å²) in [6.07, 6.45) is 0. The summed E-state index contributed by atoms with van der Waals surface area (Å²) >= 11 is 4.31. The molecule has 3 heteroatoms. The molecule has 0 bridgehead atoms. The van der Waals surface area contributed by atoms with Crippen LogP contribution in [0.5, 0.6) is 5.75 Å². The standard InChI is InChI=1S/C13H19FOS/c1-13(2,3)10(9-16)8-15-12-7-5-4-6-11(12)14/h4-7,10,16H,8-9H2,1-3H3. The highest BCUT2D eigenvalue weighted by molar-refractivity contribution is 7.80. The highest BCUT2D eigenvalue weighted by atomic mass is 32.1. The van der Waals surface area contributed by atoms with E-state index in [-0.39, 0.29) is 11.2 Å². The van der Waals surface area contributed by atoms with Crippen molar-refractivity contribution in [2.45, 2.75) is 20.8 Å². The van der Waals surface area contributed by atoms with E-state index < -0.39 is 0 Å². The van der Waals surface area contributed by atoms with E-state index in [0.717, 1.165) is 5.75 Å². The molecule has 0 saturated carbocycles. The van der Waals surface area contributed by atoms with Gasteiger partial charge in [0.15, 0.2) is 11.6 Å². The number of halogens is 1. The minimum atomic E-state index is -0.311. The second kappa shape index (κ2) is 5.58. The Balaban J connectivity index is 2.60. The zero-order chi connectivity index (χ0) is 12.2. The van der Waals surface area contributed by atoms with Gasteiger partial charge in [-0.2, -0.15) is 12.6 Å². The van der Waals surface area contributed by atoms with Gasteiger partial charge in [-0.1, -0.05) is 32.9 Å². The van der Waals surface area contributed by atoms with E-state index in [0.29, 0.717) is 18.3 Å². The number of hydrogen-bond acceptors (Lipinski definition) is 2. The number of rotatable bonds is 4. The molecule has 0 amide bonds. The number of ether oxygens (including phenoxy) is 1. The van der Waals surface area contributed by atoms with Gasteiger partial charge in [0.1, 0.15) is 0 Å². The van der Waals surface area contributed by atoms with Crippen LogP contribution in [0.2, 0.25) is 0 Å². The van der Waals surface area contributed by atoms with Gasteiger partial charge in [-0.25, -0.2) is 4.39 Å². The van der Waals surface area contributed by atoms with Crippen LogP contribution in [-0.2, 0) is 0 Å². The zero-order valence-electron chi connectivity index (χ0n) is 10.0. The molecule has 0 spiro atoms. The van der Waals surface area contributed by atoms with Crippen LogP contribution in [0.15, 0.2) is 24.3 Å². The van der Waals surface area contributed by atoms with Crippen molar-refractivity contribution in [3.05, 3.63) is 30.1 Å². The molecule has 1 aromatic rings. The van der Waals surface area contributed by atoms with Gasteiger partial charge in [-0.05, 0) is 23.3 Å². The first-order valence-corrected chi connectivity index (χ1v) is 6.06. The van der Waals surface area contributed by atoms with E-state index in [1.807, 2.05) is 0 Å². The van der Waals surface area contributed by atoms with Crippen LogP contribution in [0.1, 0.15) is 20.8 Å². The normalized spacial score (nSPS) is 13.6. The van der Waals surface area contributed by atoms with Crippen LogP contribution in [-0.4, -0.2) is 12.4 Å². The fourth-order valence-electron chi connectivity index (χ4n) is 1.33. The summed E-state index contributed by atoms with van der Waals surface area (Å²) in [6.45, 7) is 6.91. The third-order valence-electron chi connectivity index (χ3n) is 2.72. The molecule has 0 fully saturated rings. The Labute approximate surface area is 102 Å². The van der Waals surface area contributed by atoms with E-state index in [1.165, 1.54) is 6.07 Å². The summed E-state index contributed by atoms with van der Waals surface area (Å²) in [5, 5.41) is 0. The van der Waals surface area contributed by atoms with Gasteiger partial charge in [0.25, 0.3) is 0 Å². The van der Waals surface area contributed by atoms with Crippen LogP contribution >= 0.6 is 12.6 Å². The molecule has 0 N–H and O–H groups in total. The summed E-state index contributed by atoms with van der Waals surface area (Å²) in [5.74, 6) is 1.04. The van der Waals surface area contributed by atoms with Crippen molar-refractivity contribution in [1.82, 2.24) is 0 Å². The van der Waals surface area contributed by atoms with E-state index in [1.54, 1.807) is 18.2 Å². The third kappa shape index (κ3) is 3.71. The largest absolute Gasteiger partial charge is 0.490 e. The molecule has 1 aromatic carbocycles. The fourth-order valence-corrected chi connectivity index (χ4v) is 1.98. The number of benzene rings is 1. The Kier molecular flexibility index (Phi) is 4.66. The minimum Gasteiger partial charge on any atom is -0.490 e. The molecule has 0 aliphatic carbocycles. The van der Waals surface area contributed by atoms with E-state index in [2.05, 4.69) is 33.4 Å². The first-order valence-electron chi connectivity index (χ1n) is 5.43. The number of thiol groups is 1. The highest BCUT2D eigenvalue weighted by Gasteiger charge is 2.24. The van der Waals surface area contributed by atoms with Crippen molar-refractivity contribution in [2.75, 3.05) is 12.4 Å². The lowest BCUT2D eigenvalue weighted by Crippen LogP contribution is -2.28. The summed E-state index contributed by atoms with van der Waals surface area (Å²) in [5.41, 5.74) is 0.118. The predicted molar refractivity (Wildman–Crippen MR) is 68.7 cm³/mol. The topological polar surface area (TPSA) is 9.23 Å². The van der Waals surface area contributed by atoms with Gasteiger partial charge in [-0.15, -0.1) is 0 Å². The second-order valence-corrected chi connectivity index (χ2v) is 5.35. The maximum absolute atomic E-state index is 13.3. The molecule has 0 aliphatic heterocycles. The first kappa shape index (κ1) is 13.4. The van der Waals surface area contributed by atoms with Crippen molar-refractivity contribution in [1.29, 1.82) is 0 Å². The quantitative estimate of drug-likeness (QED) is 0.790. The molecule has 0 radical (unpaired) electrons. The predicted octanol–water partition coefficient (Wildman–Crippen LogP) is 3.80. The molecular formula is C13H19FOS. The Morgan fingerprint density at radius 3 is 2.44 bits per heavy atom. The smallest absolute Gasteiger partial charge is 0.165 e. The van der Waals surface area contributed by atoms with Gasteiger partial charge in [0.05, 0.1) is 6.61 Å². The average molecular weight is 242 g/mol. The SMILES string of the molecule is CC(C)(C)C(CS)COc1ccccc1F. The molecule has 1 rings (SSSR count). The Morgan fingerprint density at radius 2 is 1.94 bits per heavy atom. The Hall–Kier alpha value is -0.700. The van der Waals surface area contributed by atoms with Gasteiger partial charge in [0, 0.05) is 5.92 Å². The molecule has 0 heterocycles.